The van der Waals surface area contributed by atoms with Crippen molar-refractivity contribution in [1.82, 2.24) is 4.90 Å². The van der Waals surface area contributed by atoms with Gasteiger partial charge in [0.15, 0.2) is 0 Å². The lowest BCUT2D eigenvalue weighted by Crippen LogP contribution is -2.35. The molecule has 0 bridgehead atoms. The molecule has 3 nitrogen and oxygen atoms in total. The largest absolute Gasteiger partial charge is 0.380 e. The van der Waals surface area contributed by atoms with E-state index >= 15 is 0 Å². The van der Waals surface area contributed by atoms with Crippen LogP contribution in [0.4, 0.5) is 0 Å². The summed E-state index contributed by atoms with van der Waals surface area (Å²) in [4.78, 5) is 2.38. The Morgan fingerprint density at radius 2 is 2.36 bits per heavy atom. The van der Waals surface area contributed by atoms with Crippen LogP contribution in [0.1, 0.15) is 13.3 Å². The van der Waals surface area contributed by atoms with Gasteiger partial charge >= 0.3 is 0 Å². The van der Waals surface area contributed by atoms with Gasteiger partial charge in [-0.15, -0.1) is 0 Å². The van der Waals surface area contributed by atoms with E-state index in [-0.39, 0.29) is 0 Å². The maximum absolute atomic E-state index is 5.62. The molecule has 0 saturated carbocycles. The molecule has 1 rings (SSSR count). The van der Waals surface area contributed by atoms with Crippen molar-refractivity contribution in [1.29, 1.82) is 0 Å². The molecular formula is C8H18N2O. The first-order valence-electron chi connectivity index (χ1n) is 4.28. The molecule has 0 aliphatic carbocycles. The summed E-state index contributed by atoms with van der Waals surface area (Å²) in [6, 6.07) is 0.546. The predicted octanol–water partition coefficient (Wildman–Crippen LogP) is 0.0543. The van der Waals surface area contributed by atoms with E-state index in [9.17, 15) is 0 Å². The van der Waals surface area contributed by atoms with Crippen molar-refractivity contribution in [2.45, 2.75) is 25.5 Å². The summed E-state index contributed by atoms with van der Waals surface area (Å²) in [6.45, 7) is 5.06. The third kappa shape index (κ3) is 1.92. The van der Waals surface area contributed by atoms with Crippen LogP contribution < -0.4 is 5.73 Å². The van der Waals surface area contributed by atoms with E-state index in [1.54, 1.807) is 7.11 Å². The topological polar surface area (TPSA) is 38.5 Å². The Labute approximate surface area is 68.5 Å². The molecule has 0 aromatic heterocycles. The Kier molecular flexibility index (Phi) is 3.30. The molecule has 3 heteroatoms. The number of ether oxygens (including phenoxy) is 1. The molecule has 0 amide bonds. The molecule has 1 heterocycles. The van der Waals surface area contributed by atoms with Crippen molar-refractivity contribution < 1.29 is 4.74 Å². The van der Waals surface area contributed by atoms with E-state index in [0.717, 1.165) is 26.1 Å². The van der Waals surface area contributed by atoms with Gasteiger partial charge in [0.2, 0.25) is 0 Å². The molecule has 0 aromatic carbocycles. The zero-order valence-corrected chi connectivity index (χ0v) is 7.42. The van der Waals surface area contributed by atoms with Gasteiger partial charge in [0.25, 0.3) is 0 Å². The smallest absolute Gasteiger partial charge is 0.0713 e. The monoisotopic (exact) mass is 158 g/mol. The minimum atomic E-state index is 0.406. The summed E-state index contributed by atoms with van der Waals surface area (Å²) in [5, 5.41) is 0. The number of nitrogens with zero attached hydrogens (tertiary/aromatic N) is 1. The molecule has 66 valence electrons. The van der Waals surface area contributed by atoms with Gasteiger partial charge in [-0.2, -0.15) is 0 Å². The summed E-state index contributed by atoms with van der Waals surface area (Å²) in [5.41, 5.74) is 5.62. The average Bonchev–Trinajstić information content (AvgIpc) is 2.46. The molecule has 2 N–H and O–H groups in total. The van der Waals surface area contributed by atoms with E-state index in [2.05, 4.69) is 11.8 Å². The number of rotatable bonds is 3. The van der Waals surface area contributed by atoms with Crippen LogP contribution in [0.2, 0.25) is 0 Å². The minimum absolute atomic E-state index is 0.406. The van der Waals surface area contributed by atoms with Crippen molar-refractivity contribution in [3.05, 3.63) is 0 Å². The van der Waals surface area contributed by atoms with Gasteiger partial charge in [-0.05, 0) is 13.0 Å². The quantitative estimate of drug-likeness (QED) is 0.631. The molecule has 0 aromatic rings. The van der Waals surface area contributed by atoms with Crippen molar-refractivity contribution in [3.63, 3.8) is 0 Å². The summed E-state index contributed by atoms with van der Waals surface area (Å²) in [6.07, 6.45) is 1.50. The van der Waals surface area contributed by atoms with Crippen LogP contribution in [0, 0.1) is 0 Å². The van der Waals surface area contributed by atoms with Crippen LogP contribution in [0.25, 0.3) is 0 Å². The summed E-state index contributed by atoms with van der Waals surface area (Å²) >= 11 is 0. The Morgan fingerprint density at radius 1 is 1.64 bits per heavy atom. The average molecular weight is 158 g/mol. The normalized spacial score (nSPS) is 33.0. The molecule has 1 fully saturated rings. The Morgan fingerprint density at radius 3 is 2.73 bits per heavy atom. The second-order valence-electron chi connectivity index (χ2n) is 3.07. The fourth-order valence-corrected chi connectivity index (χ4v) is 1.74. The molecule has 0 spiro atoms. The molecule has 0 radical (unpaired) electrons. The van der Waals surface area contributed by atoms with Gasteiger partial charge < -0.3 is 10.5 Å². The highest BCUT2D eigenvalue weighted by molar-refractivity contribution is 4.85. The number of hydrogen-bond acceptors (Lipinski definition) is 3. The zero-order valence-electron chi connectivity index (χ0n) is 7.42. The number of nitrogens with two attached hydrogens (primary N) is 1. The molecular weight excluding hydrogens is 140 g/mol. The standard InChI is InChI=1S/C8H18N2O/c1-3-10-6-8(11-2)4-7(10)5-9/h7-8H,3-6,9H2,1-2H3. The predicted molar refractivity (Wildman–Crippen MR) is 45.5 cm³/mol. The highest BCUT2D eigenvalue weighted by Gasteiger charge is 2.29. The first kappa shape index (κ1) is 8.97. The first-order valence-corrected chi connectivity index (χ1v) is 4.28. The molecule has 11 heavy (non-hydrogen) atoms. The summed E-state index contributed by atoms with van der Waals surface area (Å²) < 4.78 is 5.28. The van der Waals surface area contributed by atoms with Crippen LogP contribution >= 0.6 is 0 Å². The summed E-state index contributed by atoms with van der Waals surface area (Å²) in [5.74, 6) is 0. The molecule has 2 atom stereocenters. The van der Waals surface area contributed by atoms with Crippen molar-refractivity contribution >= 4 is 0 Å². The van der Waals surface area contributed by atoms with E-state index in [1.165, 1.54) is 0 Å². The fraction of sp³-hybridized carbons (Fsp3) is 1.00. The lowest BCUT2D eigenvalue weighted by molar-refractivity contribution is 0.109. The van der Waals surface area contributed by atoms with E-state index in [4.69, 9.17) is 10.5 Å². The van der Waals surface area contributed by atoms with Crippen molar-refractivity contribution in [3.8, 4) is 0 Å². The molecule has 2 unspecified atom stereocenters. The highest BCUT2D eigenvalue weighted by Crippen LogP contribution is 2.18. The fourth-order valence-electron chi connectivity index (χ4n) is 1.74. The number of likely N-dealkylation sites (tertiary alicyclic amines) is 1. The second kappa shape index (κ2) is 4.04. The van der Waals surface area contributed by atoms with Gasteiger partial charge in [0.05, 0.1) is 6.10 Å². The minimum Gasteiger partial charge on any atom is -0.380 e. The molecule has 1 aliphatic rings. The van der Waals surface area contributed by atoms with Gasteiger partial charge in [0, 0.05) is 26.2 Å². The van der Waals surface area contributed by atoms with Gasteiger partial charge in [-0.3, -0.25) is 4.90 Å². The zero-order chi connectivity index (χ0) is 8.27. The second-order valence-corrected chi connectivity index (χ2v) is 3.07. The number of likely N-dealkylation sites (N-methyl/N-ethyl adjacent to an activating group) is 1. The van der Waals surface area contributed by atoms with Gasteiger partial charge in [-0.25, -0.2) is 0 Å². The third-order valence-corrected chi connectivity index (χ3v) is 2.50. The van der Waals surface area contributed by atoms with E-state index in [0.29, 0.717) is 12.1 Å². The van der Waals surface area contributed by atoms with Gasteiger partial charge in [-0.1, -0.05) is 6.92 Å². The van der Waals surface area contributed by atoms with Crippen LogP contribution in [0.5, 0.6) is 0 Å². The lowest BCUT2D eigenvalue weighted by atomic mass is 10.2. The Balaban J connectivity index is 2.41. The number of hydrogen-bond donors (Lipinski definition) is 1. The Bertz CT molecular complexity index is 107. The van der Waals surface area contributed by atoms with Crippen LogP contribution in [0.3, 0.4) is 0 Å². The van der Waals surface area contributed by atoms with Crippen molar-refractivity contribution in [2.75, 3.05) is 26.7 Å². The molecule has 1 saturated heterocycles. The van der Waals surface area contributed by atoms with Crippen LogP contribution in [-0.2, 0) is 4.74 Å². The van der Waals surface area contributed by atoms with Gasteiger partial charge in [0.1, 0.15) is 0 Å². The highest BCUT2D eigenvalue weighted by atomic mass is 16.5. The first-order chi connectivity index (χ1) is 5.31. The van der Waals surface area contributed by atoms with Crippen molar-refractivity contribution in [2.24, 2.45) is 5.73 Å². The number of methoxy groups -OCH3 is 1. The SMILES string of the molecule is CCN1CC(OC)CC1CN. The summed E-state index contributed by atoms with van der Waals surface area (Å²) in [7, 11) is 1.78. The van der Waals surface area contributed by atoms with Crippen LogP contribution in [-0.4, -0.2) is 43.8 Å². The van der Waals surface area contributed by atoms with Crippen LogP contribution in [0.15, 0.2) is 0 Å². The Hall–Kier alpha value is -0.120. The maximum atomic E-state index is 5.62. The van der Waals surface area contributed by atoms with E-state index in [1.807, 2.05) is 0 Å². The van der Waals surface area contributed by atoms with E-state index < -0.39 is 0 Å². The maximum Gasteiger partial charge on any atom is 0.0713 e. The molecule has 1 aliphatic heterocycles. The lowest BCUT2D eigenvalue weighted by Gasteiger charge is -2.19. The third-order valence-electron chi connectivity index (χ3n) is 2.50.